The normalized spacial score (nSPS) is 44.5. The van der Waals surface area contributed by atoms with Gasteiger partial charge in [0.05, 0.1) is 18.3 Å². The maximum absolute atomic E-state index is 9.35. The molecule has 1 aliphatic carbocycles. The van der Waals surface area contributed by atoms with E-state index in [9.17, 15) is 5.11 Å². The highest BCUT2D eigenvalue weighted by atomic mass is 16.6. The highest BCUT2D eigenvalue weighted by Gasteiger charge is 2.42. The Morgan fingerprint density at radius 2 is 2.17 bits per heavy atom. The molecule has 3 rings (SSSR count). The van der Waals surface area contributed by atoms with Gasteiger partial charge in [-0.1, -0.05) is 0 Å². The first kappa shape index (κ1) is 12.9. The van der Waals surface area contributed by atoms with Crippen LogP contribution in [-0.4, -0.2) is 61.2 Å². The van der Waals surface area contributed by atoms with Crippen molar-refractivity contribution in [2.75, 3.05) is 33.4 Å². The molecule has 2 atom stereocenters. The van der Waals surface area contributed by atoms with Gasteiger partial charge in [-0.3, -0.25) is 0 Å². The van der Waals surface area contributed by atoms with Crippen LogP contribution in [0.2, 0.25) is 0 Å². The monoisotopic (exact) mass is 255 g/mol. The third kappa shape index (κ3) is 2.57. The van der Waals surface area contributed by atoms with Crippen LogP contribution in [0.1, 0.15) is 32.1 Å². The Bertz CT molecular complexity index is 285. The van der Waals surface area contributed by atoms with Gasteiger partial charge in [0.1, 0.15) is 0 Å². The Morgan fingerprint density at radius 1 is 1.33 bits per heavy atom. The summed E-state index contributed by atoms with van der Waals surface area (Å²) >= 11 is 0. The molecule has 18 heavy (non-hydrogen) atoms. The molecule has 0 aromatic carbocycles. The van der Waals surface area contributed by atoms with Gasteiger partial charge in [0.25, 0.3) is 0 Å². The molecule has 1 spiro atoms. The molecule has 3 fully saturated rings. The maximum atomic E-state index is 9.35. The van der Waals surface area contributed by atoms with Crippen molar-refractivity contribution in [3.8, 4) is 0 Å². The molecule has 3 aliphatic rings. The standard InChI is InChI=1S/C14H25NO3/c1-15(9-11-6-13(16)7-11)12-2-4-18-14(8-12)3-5-17-10-14/h11-13,16H,2-10H2,1H3. The first-order chi connectivity index (χ1) is 8.67. The molecule has 0 bridgehead atoms. The highest BCUT2D eigenvalue weighted by Crippen LogP contribution is 2.35. The molecule has 104 valence electrons. The van der Waals surface area contributed by atoms with Gasteiger partial charge >= 0.3 is 0 Å². The van der Waals surface area contributed by atoms with E-state index in [1.54, 1.807) is 0 Å². The zero-order valence-corrected chi connectivity index (χ0v) is 11.3. The van der Waals surface area contributed by atoms with Crippen molar-refractivity contribution in [2.24, 2.45) is 5.92 Å². The van der Waals surface area contributed by atoms with Gasteiger partial charge in [-0.15, -0.1) is 0 Å². The van der Waals surface area contributed by atoms with Gasteiger partial charge in [-0.2, -0.15) is 0 Å². The number of nitrogens with zero attached hydrogens (tertiary/aromatic N) is 1. The summed E-state index contributed by atoms with van der Waals surface area (Å²) in [5, 5.41) is 9.35. The zero-order chi connectivity index (χ0) is 12.6. The van der Waals surface area contributed by atoms with E-state index in [-0.39, 0.29) is 11.7 Å². The molecule has 0 radical (unpaired) electrons. The molecule has 2 aliphatic heterocycles. The van der Waals surface area contributed by atoms with E-state index in [4.69, 9.17) is 9.47 Å². The van der Waals surface area contributed by atoms with Crippen LogP contribution in [0.25, 0.3) is 0 Å². The minimum atomic E-state index is -0.0346. The largest absolute Gasteiger partial charge is 0.393 e. The lowest BCUT2D eigenvalue weighted by Crippen LogP contribution is -2.50. The second-order valence-electron chi connectivity index (χ2n) is 6.41. The molecule has 2 saturated heterocycles. The van der Waals surface area contributed by atoms with Crippen LogP contribution < -0.4 is 0 Å². The summed E-state index contributed by atoms with van der Waals surface area (Å²) in [4.78, 5) is 2.49. The molecule has 0 amide bonds. The van der Waals surface area contributed by atoms with Gasteiger partial charge in [-0.25, -0.2) is 0 Å². The molecule has 0 aromatic rings. The molecule has 2 unspecified atom stereocenters. The van der Waals surface area contributed by atoms with E-state index >= 15 is 0 Å². The lowest BCUT2D eigenvalue weighted by atomic mass is 9.81. The average molecular weight is 255 g/mol. The Morgan fingerprint density at radius 3 is 2.83 bits per heavy atom. The number of ether oxygens (including phenoxy) is 2. The zero-order valence-electron chi connectivity index (χ0n) is 11.3. The first-order valence-corrected chi connectivity index (χ1v) is 7.27. The van der Waals surface area contributed by atoms with E-state index in [0.29, 0.717) is 12.0 Å². The average Bonchev–Trinajstić information content (AvgIpc) is 2.75. The van der Waals surface area contributed by atoms with E-state index < -0.39 is 0 Å². The van der Waals surface area contributed by atoms with Crippen molar-refractivity contribution >= 4 is 0 Å². The third-order valence-electron chi connectivity index (χ3n) is 4.91. The van der Waals surface area contributed by atoms with Crippen molar-refractivity contribution < 1.29 is 14.6 Å². The fourth-order valence-electron chi connectivity index (χ4n) is 3.65. The molecular formula is C14H25NO3. The molecule has 0 aromatic heterocycles. The van der Waals surface area contributed by atoms with Crippen LogP contribution in [0.4, 0.5) is 0 Å². The van der Waals surface area contributed by atoms with Gasteiger partial charge in [-0.05, 0) is 38.6 Å². The molecular weight excluding hydrogens is 230 g/mol. The minimum absolute atomic E-state index is 0.0102. The lowest BCUT2D eigenvalue weighted by molar-refractivity contribution is -0.107. The van der Waals surface area contributed by atoms with Crippen LogP contribution in [-0.2, 0) is 9.47 Å². The van der Waals surface area contributed by atoms with E-state index in [1.807, 2.05) is 0 Å². The second-order valence-corrected chi connectivity index (χ2v) is 6.41. The quantitative estimate of drug-likeness (QED) is 0.818. The van der Waals surface area contributed by atoms with Gasteiger partial charge < -0.3 is 19.5 Å². The SMILES string of the molecule is CN(CC1CC(O)C1)C1CCOC2(CCOC2)C1. The Hall–Kier alpha value is -0.160. The summed E-state index contributed by atoms with van der Waals surface area (Å²) in [6, 6.07) is 0.623. The smallest absolute Gasteiger partial charge is 0.0951 e. The summed E-state index contributed by atoms with van der Waals surface area (Å²) in [7, 11) is 2.23. The lowest BCUT2D eigenvalue weighted by Gasteiger charge is -2.43. The first-order valence-electron chi connectivity index (χ1n) is 7.27. The fraction of sp³-hybridized carbons (Fsp3) is 1.00. The summed E-state index contributed by atoms with van der Waals surface area (Å²) in [5.41, 5.74) is 0.0102. The van der Waals surface area contributed by atoms with Crippen molar-refractivity contribution in [3.05, 3.63) is 0 Å². The van der Waals surface area contributed by atoms with Crippen molar-refractivity contribution in [3.63, 3.8) is 0 Å². The number of aliphatic hydroxyl groups is 1. The van der Waals surface area contributed by atoms with Crippen LogP contribution in [0.5, 0.6) is 0 Å². The highest BCUT2D eigenvalue weighted by molar-refractivity contribution is 4.94. The predicted octanol–water partition coefficient (Wildman–Crippen LogP) is 1.03. The topological polar surface area (TPSA) is 41.9 Å². The second kappa shape index (κ2) is 5.08. The summed E-state index contributed by atoms with van der Waals surface area (Å²) in [6.45, 7) is 3.62. The van der Waals surface area contributed by atoms with Crippen LogP contribution in [0, 0.1) is 5.92 Å². The van der Waals surface area contributed by atoms with E-state index in [0.717, 1.165) is 58.5 Å². The molecule has 2 heterocycles. The number of hydrogen-bond donors (Lipinski definition) is 1. The van der Waals surface area contributed by atoms with E-state index in [2.05, 4.69) is 11.9 Å². The van der Waals surface area contributed by atoms with Gasteiger partial charge in [0.15, 0.2) is 0 Å². The molecule has 4 heteroatoms. The van der Waals surface area contributed by atoms with Crippen LogP contribution in [0.3, 0.4) is 0 Å². The minimum Gasteiger partial charge on any atom is -0.393 e. The van der Waals surface area contributed by atoms with Crippen LogP contribution in [0.15, 0.2) is 0 Å². The maximum Gasteiger partial charge on any atom is 0.0951 e. The third-order valence-corrected chi connectivity index (χ3v) is 4.91. The fourth-order valence-corrected chi connectivity index (χ4v) is 3.65. The van der Waals surface area contributed by atoms with Gasteiger partial charge in [0, 0.05) is 32.2 Å². The summed E-state index contributed by atoms with van der Waals surface area (Å²) in [6.07, 6.45) is 5.24. The number of aliphatic hydroxyl groups excluding tert-OH is 1. The summed E-state index contributed by atoms with van der Waals surface area (Å²) in [5.74, 6) is 0.698. The van der Waals surface area contributed by atoms with E-state index in [1.165, 1.54) is 0 Å². The molecule has 1 N–H and O–H groups in total. The van der Waals surface area contributed by atoms with Crippen molar-refractivity contribution in [2.45, 2.75) is 49.9 Å². The number of rotatable bonds is 3. The Balaban J connectivity index is 1.51. The Labute approximate surface area is 109 Å². The van der Waals surface area contributed by atoms with Gasteiger partial charge in [0.2, 0.25) is 0 Å². The summed E-state index contributed by atoms with van der Waals surface area (Å²) < 4.78 is 11.5. The number of hydrogen-bond acceptors (Lipinski definition) is 4. The molecule has 4 nitrogen and oxygen atoms in total. The van der Waals surface area contributed by atoms with Crippen LogP contribution >= 0.6 is 0 Å². The predicted molar refractivity (Wildman–Crippen MR) is 68.5 cm³/mol. The molecule has 1 saturated carbocycles. The van der Waals surface area contributed by atoms with Crippen molar-refractivity contribution in [1.29, 1.82) is 0 Å². The van der Waals surface area contributed by atoms with Crippen molar-refractivity contribution in [1.82, 2.24) is 4.90 Å². The Kier molecular flexibility index (Phi) is 3.63.